The van der Waals surface area contributed by atoms with Crippen LogP contribution in [0, 0.1) is 5.92 Å². The van der Waals surface area contributed by atoms with Gasteiger partial charge in [0.1, 0.15) is 6.04 Å². The molecule has 1 fully saturated rings. The topological polar surface area (TPSA) is 57.2 Å². The minimum absolute atomic E-state index is 0.0454. The number of carbonyl (C=O) groups is 1. The van der Waals surface area contributed by atoms with E-state index < -0.39 is 20.1 Å². The fraction of sp³-hybridized carbons (Fsp3) is 0.480. The van der Waals surface area contributed by atoms with Gasteiger partial charge in [-0.25, -0.2) is 0 Å². The standard InChI is InChI=1S/C25H35NO5Si/c1-17(2)22-25(30-5,31-32(6,7)8)23(19-14-15-20(28-3)21(16-19)29-4)26(22)24(27)18-12-10-9-11-13-18/h9-17,22-23H,1-8H3/t22-,23+,25+/m0/s1. The van der Waals surface area contributed by atoms with Crippen LogP contribution in [0.15, 0.2) is 48.5 Å². The first-order chi connectivity index (χ1) is 15.1. The number of amides is 1. The van der Waals surface area contributed by atoms with Gasteiger partial charge >= 0.3 is 0 Å². The maximum absolute atomic E-state index is 13.7. The second-order valence-corrected chi connectivity index (χ2v) is 13.9. The molecule has 0 aliphatic carbocycles. The SMILES string of the molecule is COc1ccc([C@H]2N(C(=O)c3ccccc3)[C@@H](C(C)C)[C@@]2(OC)O[Si](C)(C)C)cc1OC. The Morgan fingerprint density at radius 3 is 2.09 bits per heavy atom. The third kappa shape index (κ3) is 4.29. The lowest BCUT2D eigenvalue weighted by Gasteiger charge is -2.64. The largest absolute Gasteiger partial charge is 0.493 e. The fourth-order valence-corrected chi connectivity index (χ4v) is 5.94. The summed E-state index contributed by atoms with van der Waals surface area (Å²) in [6.07, 6.45) is 0. The van der Waals surface area contributed by atoms with E-state index in [2.05, 4.69) is 33.5 Å². The van der Waals surface area contributed by atoms with Gasteiger partial charge in [0.05, 0.1) is 20.3 Å². The second-order valence-electron chi connectivity index (χ2n) is 9.42. The second kappa shape index (κ2) is 9.25. The highest BCUT2D eigenvalue weighted by molar-refractivity contribution is 6.69. The summed E-state index contributed by atoms with van der Waals surface area (Å²) in [6, 6.07) is 14.4. The first-order valence-corrected chi connectivity index (χ1v) is 14.4. The molecular weight excluding hydrogens is 422 g/mol. The van der Waals surface area contributed by atoms with E-state index >= 15 is 0 Å². The molecule has 174 valence electrons. The normalized spacial score (nSPS) is 23.1. The molecular formula is C25H35NO5Si. The Hall–Kier alpha value is -2.35. The summed E-state index contributed by atoms with van der Waals surface area (Å²) < 4.78 is 23.9. The van der Waals surface area contributed by atoms with Crippen molar-refractivity contribution in [2.75, 3.05) is 21.3 Å². The summed E-state index contributed by atoms with van der Waals surface area (Å²) in [5.74, 6) is 0.350. The van der Waals surface area contributed by atoms with Crippen LogP contribution in [0.25, 0.3) is 0 Å². The summed E-state index contributed by atoms with van der Waals surface area (Å²) >= 11 is 0. The molecule has 1 saturated heterocycles. The van der Waals surface area contributed by atoms with Gasteiger partial charge < -0.3 is 23.5 Å². The van der Waals surface area contributed by atoms with Gasteiger partial charge in [0.2, 0.25) is 5.79 Å². The smallest absolute Gasteiger partial charge is 0.255 e. The van der Waals surface area contributed by atoms with Crippen molar-refractivity contribution in [3.05, 3.63) is 59.7 Å². The summed E-state index contributed by atoms with van der Waals surface area (Å²) in [7, 11) is 2.84. The third-order valence-corrected chi connectivity index (χ3v) is 6.70. The third-order valence-electron chi connectivity index (χ3n) is 5.77. The number of carbonyl (C=O) groups excluding carboxylic acids is 1. The van der Waals surface area contributed by atoms with Crippen LogP contribution in [0.5, 0.6) is 11.5 Å². The molecule has 0 unspecified atom stereocenters. The molecule has 0 spiro atoms. The first kappa shape index (κ1) is 24.3. The minimum Gasteiger partial charge on any atom is -0.493 e. The molecule has 0 aromatic heterocycles. The highest BCUT2D eigenvalue weighted by atomic mass is 28.4. The van der Waals surface area contributed by atoms with Crippen molar-refractivity contribution in [3.63, 3.8) is 0 Å². The molecule has 7 heteroatoms. The number of likely N-dealkylation sites (tertiary alicyclic amines) is 1. The first-order valence-electron chi connectivity index (χ1n) is 10.9. The number of hydrogen-bond donors (Lipinski definition) is 0. The zero-order valence-corrected chi connectivity index (χ0v) is 21.3. The van der Waals surface area contributed by atoms with Crippen LogP contribution < -0.4 is 9.47 Å². The molecule has 1 aliphatic heterocycles. The minimum atomic E-state index is -2.05. The summed E-state index contributed by atoms with van der Waals surface area (Å²) in [4.78, 5) is 15.7. The van der Waals surface area contributed by atoms with Crippen LogP contribution in [0.1, 0.15) is 35.8 Å². The quantitative estimate of drug-likeness (QED) is 0.407. The van der Waals surface area contributed by atoms with E-state index in [1.165, 1.54) is 0 Å². The summed E-state index contributed by atoms with van der Waals surface area (Å²) in [5.41, 5.74) is 1.52. The molecule has 2 aromatic carbocycles. The monoisotopic (exact) mass is 457 g/mol. The van der Waals surface area contributed by atoms with Crippen LogP contribution in [0.4, 0.5) is 0 Å². The molecule has 1 amide bonds. The lowest BCUT2D eigenvalue weighted by molar-refractivity contribution is -0.318. The molecule has 0 bridgehead atoms. The zero-order chi connectivity index (χ0) is 23.7. The van der Waals surface area contributed by atoms with Gasteiger partial charge in [-0.1, -0.05) is 38.1 Å². The Balaban J connectivity index is 2.18. The Bertz CT molecular complexity index is 943. The molecule has 3 rings (SSSR count). The number of methoxy groups -OCH3 is 3. The van der Waals surface area contributed by atoms with Crippen LogP contribution >= 0.6 is 0 Å². The average molecular weight is 458 g/mol. The Morgan fingerprint density at radius 2 is 1.59 bits per heavy atom. The molecule has 0 N–H and O–H groups in total. The maximum atomic E-state index is 13.7. The van der Waals surface area contributed by atoms with Gasteiger partial charge in [0, 0.05) is 12.7 Å². The molecule has 1 aliphatic rings. The molecule has 32 heavy (non-hydrogen) atoms. The van der Waals surface area contributed by atoms with Crippen molar-refractivity contribution in [1.29, 1.82) is 0 Å². The van der Waals surface area contributed by atoms with Crippen molar-refractivity contribution in [1.82, 2.24) is 4.90 Å². The maximum Gasteiger partial charge on any atom is 0.255 e. The molecule has 3 atom stereocenters. The van der Waals surface area contributed by atoms with E-state index in [0.29, 0.717) is 17.1 Å². The molecule has 2 aromatic rings. The van der Waals surface area contributed by atoms with Crippen LogP contribution in [0.2, 0.25) is 19.6 Å². The van der Waals surface area contributed by atoms with Gasteiger partial charge in [-0.05, 0) is 55.4 Å². The van der Waals surface area contributed by atoms with Crippen LogP contribution in [-0.4, -0.2) is 52.3 Å². The van der Waals surface area contributed by atoms with Gasteiger partial charge in [0.25, 0.3) is 5.91 Å². The van der Waals surface area contributed by atoms with Crippen molar-refractivity contribution in [3.8, 4) is 11.5 Å². The number of hydrogen-bond acceptors (Lipinski definition) is 5. The molecule has 6 nitrogen and oxygen atoms in total. The highest BCUT2D eigenvalue weighted by Crippen LogP contribution is 2.55. The zero-order valence-electron chi connectivity index (χ0n) is 20.3. The van der Waals surface area contributed by atoms with E-state index in [4.69, 9.17) is 18.6 Å². The summed E-state index contributed by atoms with van der Waals surface area (Å²) in [5, 5.41) is 0. The molecule has 1 heterocycles. The van der Waals surface area contributed by atoms with E-state index in [9.17, 15) is 4.79 Å². The fourth-order valence-electron chi connectivity index (χ4n) is 4.67. The average Bonchev–Trinajstić information content (AvgIpc) is 2.75. The van der Waals surface area contributed by atoms with Crippen LogP contribution in [0.3, 0.4) is 0 Å². The van der Waals surface area contributed by atoms with Crippen molar-refractivity contribution < 1.29 is 23.4 Å². The van der Waals surface area contributed by atoms with E-state index in [-0.39, 0.29) is 17.9 Å². The highest BCUT2D eigenvalue weighted by Gasteiger charge is 2.67. The Labute approximate surface area is 192 Å². The predicted octanol–water partition coefficient (Wildman–Crippen LogP) is 5.12. The van der Waals surface area contributed by atoms with Crippen molar-refractivity contribution in [2.45, 2.75) is 51.4 Å². The number of nitrogens with zero attached hydrogens (tertiary/aromatic N) is 1. The van der Waals surface area contributed by atoms with E-state index in [0.717, 1.165) is 5.56 Å². The van der Waals surface area contributed by atoms with Gasteiger partial charge in [-0.15, -0.1) is 0 Å². The van der Waals surface area contributed by atoms with Gasteiger partial charge in [0.15, 0.2) is 19.8 Å². The summed E-state index contributed by atoms with van der Waals surface area (Å²) in [6.45, 7) is 10.6. The lowest BCUT2D eigenvalue weighted by Crippen LogP contribution is -2.77. The molecule has 0 radical (unpaired) electrons. The van der Waals surface area contributed by atoms with E-state index in [1.54, 1.807) is 21.3 Å². The van der Waals surface area contributed by atoms with E-state index in [1.807, 2.05) is 53.4 Å². The predicted molar refractivity (Wildman–Crippen MR) is 128 cm³/mol. The lowest BCUT2D eigenvalue weighted by atomic mass is 9.74. The van der Waals surface area contributed by atoms with Gasteiger partial charge in [-0.2, -0.15) is 0 Å². The number of benzene rings is 2. The number of ether oxygens (including phenoxy) is 3. The van der Waals surface area contributed by atoms with Crippen molar-refractivity contribution in [2.24, 2.45) is 5.92 Å². The number of rotatable bonds is 8. The Kier molecular flexibility index (Phi) is 7.02. The van der Waals surface area contributed by atoms with Crippen molar-refractivity contribution >= 4 is 14.2 Å². The van der Waals surface area contributed by atoms with Gasteiger partial charge in [-0.3, -0.25) is 4.79 Å². The van der Waals surface area contributed by atoms with Crippen LogP contribution in [-0.2, 0) is 9.16 Å². The molecule has 0 saturated carbocycles. The Morgan fingerprint density at radius 1 is 0.969 bits per heavy atom.